The van der Waals surface area contributed by atoms with Crippen LogP contribution in [0.2, 0.25) is 0 Å². The van der Waals surface area contributed by atoms with Crippen LogP contribution in [0.5, 0.6) is 0 Å². The first-order valence-electron chi connectivity index (χ1n) is 18.2. The summed E-state index contributed by atoms with van der Waals surface area (Å²) in [6, 6.07) is 55.8. The van der Waals surface area contributed by atoms with Crippen LogP contribution in [0.25, 0.3) is 119 Å². The SMILES string of the molecule is O=c1c2ccccc2c2cccc3c4cc(-c5cccc6oc7ccc(-n8c9ccccc9c9ccc%10sc%11ccccc%11c%10c98)cc7c56)ccc4n1c23. The molecule has 5 heterocycles. The molecule has 0 spiro atoms. The maximum atomic E-state index is 14.0. The molecule has 0 unspecified atom stereocenters. The van der Waals surface area contributed by atoms with Gasteiger partial charge in [-0.05, 0) is 77.2 Å². The van der Waals surface area contributed by atoms with Crippen LogP contribution in [0.3, 0.4) is 0 Å². The Morgan fingerprint density at radius 3 is 2.09 bits per heavy atom. The molecule has 0 bridgehead atoms. The van der Waals surface area contributed by atoms with Crippen molar-refractivity contribution < 1.29 is 4.42 Å². The van der Waals surface area contributed by atoms with Crippen molar-refractivity contribution in [1.82, 2.24) is 8.97 Å². The van der Waals surface area contributed by atoms with Gasteiger partial charge in [0.2, 0.25) is 0 Å². The molecule has 4 nitrogen and oxygen atoms in total. The largest absolute Gasteiger partial charge is 0.456 e. The third-order valence-corrected chi connectivity index (χ3v) is 12.8. The molecule has 0 saturated heterocycles. The average molecular weight is 707 g/mol. The van der Waals surface area contributed by atoms with E-state index in [-0.39, 0.29) is 5.56 Å². The Balaban J connectivity index is 1.09. The molecule has 0 atom stereocenters. The van der Waals surface area contributed by atoms with Gasteiger partial charge in [-0.1, -0.05) is 97.1 Å². The molecular weight excluding hydrogens is 681 g/mol. The standard InChI is InChI=1S/C49H26N2O2S/c52-49-35-11-2-1-9-30(35)32-14-7-15-33-37-25-27(19-22-40(37)51(49)47(32)33)29-13-8-17-42-45(29)38-26-28(20-23-41(38)53-42)50-39-16-5-3-10-31(39)34-21-24-44-46(48(34)50)36-12-4-6-18-43(36)54-44/h1-26H. The van der Waals surface area contributed by atoms with Crippen molar-refractivity contribution in [2.45, 2.75) is 0 Å². The molecule has 0 aliphatic rings. The lowest BCUT2D eigenvalue weighted by atomic mass is 9.97. The Labute approximate surface area is 310 Å². The van der Waals surface area contributed by atoms with Crippen molar-refractivity contribution in [2.75, 3.05) is 0 Å². The molecule has 13 rings (SSSR count). The number of hydrogen-bond donors (Lipinski definition) is 0. The number of rotatable bonds is 2. The molecule has 5 aromatic heterocycles. The number of aromatic nitrogens is 2. The Hall–Kier alpha value is -6.95. The van der Waals surface area contributed by atoms with Gasteiger partial charge < -0.3 is 8.98 Å². The quantitative estimate of drug-likeness (QED) is 0.168. The smallest absolute Gasteiger partial charge is 0.263 e. The molecule has 8 aromatic carbocycles. The van der Waals surface area contributed by atoms with Gasteiger partial charge in [0, 0.05) is 68.9 Å². The number of thiophene rings is 1. The third-order valence-electron chi connectivity index (χ3n) is 11.7. The first-order valence-corrected chi connectivity index (χ1v) is 19.0. The van der Waals surface area contributed by atoms with Crippen molar-refractivity contribution in [3.05, 3.63) is 168 Å². The average Bonchev–Trinajstić information content (AvgIpc) is 3.97. The molecular formula is C49H26N2O2S. The second kappa shape index (κ2) is 10.1. The van der Waals surface area contributed by atoms with Crippen molar-refractivity contribution in [3.8, 4) is 16.8 Å². The minimum Gasteiger partial charge on any atom is -0.456 e. The van der Waals surface area contributed by atoms with Gasteiger partial charge >= 0.3 is 0 Å². The van der Waals surface area contributed by atoms with Gasteiger partial charge in [0.15, 0.2) is 0 Å². The van der Waals surface area contributed by atoms with Gasteiger partial charge in [0.05, 0.1) is 22.1 Å². The highest BCUT2D eigenvalue weighted by atomic mass is 32.1. The van der Waals surface area contributed by atoms with Crippen molar-refractivity contribution in [3.63, 3.8) is 0 Å². The van der Waals surface area contributed by atoms with E-state index in [2.05, 4.69) is 144 Å². The van der Waals surface area contributed by atoms with Gasteiger partial charge in [-0.2, -0.15) is 0 Å². The number of pyridine rings is 1. The number of fused-ring (bicyclic) bond motifs is 15. The second-order valence-corrected chi connectivity index (χ2v) is 15.5. The van der Waals surface area contributed by atoms with Crippen molar-refractivity contribution in [1.29, 1.82) is 0 Å². The summed E-state index contributed by atoms with van der Waals surface area (Å²) in [5.41, 5.74) is 9.30. The van der Waals surface area contributed by atoms with Gasteiger partial charge in [-0.15, -0.1) is 11.3 Å². The fraction of sp³-hybridized carbons (Fsp3) is 0. The highest BCUT2D eigenvalue weighted by Crippen LogP contribution is 2.45. The van der Waals surface area contributed by atoms with Crippen LogP contribution < -0.4 is 5.56 Å². The van der Waals surface area contributed by atoms with E-state index in [0.717, 1.165) is 76.7 Å². The van der Waals surface area contributed by atoms with E-state index in [1.807, 2.05) is 33.9 Å². The lowest BCUT2D eigenvalue weighted by Crippen LogP contribution is -2.12. The summed E-state index contributed by atoms with van der Waals surface area (Å²) in [5.74, 6) is 0. The van der Waals surface area contributed by atoms with Crippen LogP contribution in [0.4, 0.5) is 0 Å². The molecule has 0 aliphatic carbocycles. The Kier molecular flexibility index (Phi) is 5.37. The van der Waals surface area contributed by atoms with E-state index >= 15 is 0 Å². The Bertz CT molecular complexity index is 3820. The zero-order valence-corrected chi connectivity index (χ0v) is 29.4. The molecule has 0 aliphatic heterocycles. The van der Waals surface area contributed by atoms with Crippen LogP contribution in [0, 0.1) is 0 Å². The number of para-hydroxylation sites is 2. The van der Waals surface area contributed by atoms with Crippen LogP contribution >= 0.6 is 11.3 Å². The summed E-state index contributed by atoms with van der Waals surface area (Å²) in [6.45, 7) is 0. The van der Waals surface area contributed by atoms with E-state index in [1.54, 1.807) is 0 Å². The molecule has 0 fully saturated rings. The summed E-state index contributed by atoms with van der Waals surface area (Å²) in [6.07, 6.45) is 0. The summed E-state index contributed by atoms with van der Waals surface area (Å²) in [7, 11) is 0. The van der Waals surface area contributed by atoms with E-state index in [9.17, 15) is 4.79 Å². The summed E-state index contributed by atoms with van der Waals surface area (Å²) in [5, 5.41) is 12.2. The molecule has 0 radical (unpaired) electrons. The first kappa shape index (κ1) is 28.6. The Morgan fingerprint density at radius 1 is 0.444 bits per heavy atom. The molecule has 13 aromatic rings. The van der Waals surface area contributed by atoms with Gasteiger partial charge in [0.25, 0.3) is 5.56 Å². The minimum absolute atomic E-state index is 0.0188. The molecule has 0 saturated carbocycles. The van der Waals surface area contributed by atoms with Crippen LogP contribution in [-0.2, 0) is 0 Å². The van der Waals surface area contributed by atoms with Crippen LogP contribution in [-0.4, -0.2) is 8.97 Å². The highest BCUT2D eigenvalue weighted by Gasteiger charge is 2.21. The minimum atomic E-state index is 0.0188. The van der Waals surface area contributed by atoms with Crippen LogP contribution in [0.15, 0.2) is 167 Å². The van der Waals surface area contributed by atoms with Gasteiger partial charge in [0.1, 0.15) is 11.2 Å². The van der Waals surface area contributed by atoms with Crippen molar-refractivity contribution >= 4 is 113 Å². The Morgan fingerprint density at radius 2 is 1.19 bits per heavy atom. The maximum Gasteiger partial charge on any atom is 0.263 e. The highest BCUT2D eigenvalue weighted by molar-refractivity contribution is 7.26. The second-order valence-electron chi connectivity index (χ2n) is 14.4. The molecule has 54 heavy (non-hydrogen) atoms. The predicted octanol–water partition coefficient (Wildman–Crippen LogP) is 13.2. The third kappa shape index (κ3) is 3.54. The molecule has 250 valence electrons. The number of furan rings is 1. The topological polar surface area (TPSA) is 39.5 Å². The first-order chi connectivity index (χ1) is 26.7. The van der Waals surface area contributed by atoms with Gasteiger partial charge in [-0.3, -0.25) is 9.20 Å². The van der Waals surface area contributed by atoms with Crippen LogP contribution in [0.1, 0.15) is 0 Å². The molecule has 0 N–H and O–H groups in total. The van der Waals surface area contributed by atoms with E-state index in [0.29, 0.717) is 0 Å². The van der Waals surface area contributed by atoms with E-state index in [1.165, 1.54) is 42.0 Å². The molecule has 5 heteroatoms. The van der Waals surface area contributed by atoms with E-state index in [4.69, 9.17) is 4.42 Å². The number of hydrogen-bond acceptors (Lipinski definition) is 3. The zero-order valence-electron chi connectivity index (χ0n) is 28.6. The lowest BCUT2D eigenvalue weighted by Gasteiger charge is -2.10. The maximum absolute atomic E-state index is 14.0. The predicted molar refractivity (Wildman–Crippen MR) is 227 cm³/mol. The number of benzene rings is 8. The normalized spacial score (nSPS) is 12.5. The molecule has 0 amide bonds. The summed E-state index contributed by atoms with van der Waals surface area (Å²) >= 11 is 1.85. The number of nitrogens with zero attached hydrogens (tertiary/aromatic N) is 2. The van der Waals surface area contributed by atoms with E-state index < -0.39 is 0 Å². The van der Waals surface area contributed by atoms with Gasteiger partial charge in [-0.25, -0.2) is 0 Å². The fourth-order valence-corrected chi connectivity index (χ4v) is 10.5. The fourth-order valence-electron chi connectivity index (χ4n) is 9.42. The van der Waals surface area contributed by atoms with Crippen molar-refractivity contribution in [2.24, 2.45) is 0 Å². The monoisotopic (exact) mass is 706 g/mol. The lowest BCUT2D eigenvalue weighted by molar-refractivity contribution is 0.669. The summed E-state index contributed by atoms with van der Waals surface area (Å²) < 4.78 is 13.5. The summed E-state index contributed by atoms with van der Waals surface area (Å²) in [4.78, 5) is 14.0. The zero-order chi connectivity index (χ0) is 35.2.